The van der Waals surface area contributed by atoms with Crippen LogP contribution in [0.3, 0.4) is 0 Å². The standard InChI is InChI=1S/C22H19BrClF3N2O3/c1-3-29-17-11-16(24)15(21(31)32-4-2)9-13(17)10-18(29)20(30)28-19(22(25,26)27)12-6-5-7-14(23)8-12/h5-11,19H,3-4H2,1-2H3,(H,28,30). The number of esters is 1. The van der Waals surface area contributed by atoms with Gasteiger partial charge in [0.1, 0.15) is 5.69 Å². The van der Waals surface area contributed by atoms with Crippen molar-refractivity contribution in [2.24, 2.45) is 0 Å². The number of hydrogen-bond acceptors (Lipinski definition) is 3. The first-order chi connectivity index (χ1) is 15.1. The van der Waals surface area contributed by atoms with Gasteiger partial charge < -0.3 is 14.6 Å². The second-order valence-electron chi connectivity index (χ2n) is 6.89. The zero-order valence-electron chi connectivity index (χ0n) is 17.1. The molecule has 0 radical (unpaired) electrons. The van der Waals surface area contributed by atoms with Gasteiger partial charge in [-0.25, -0.2) is 4.79 Å². The number of hydrogen-bond donors (Lipinski definition) is 1. The van der Waals surface area contributed by atoms with Crippen LogP contribution in [0.5, 0.6) is 0 Å². The van der Waals surface area contributed by atoms with Crippen molar-refractivity contribution in [2.75, 3.05) is 6.61 Å². The third-order valence-electron chi connectivity index (χ3n) is 4.82. The van der Waals surface area contributed by atoms with E-state index in [1.807, 2.05) is 0 Å². The van der Waals surface area contributed by atoms with Gasteiger partial charge in [0.25, 0.3) is 5.91 Å². The SMILES string of the molecule is CCOC(=O)c1cc2cc(C(=O)NC(c3cccc(Br)c3)C(F)(F)F)n(CC)c2cc1Cl. The first-order valence-corrected chi connectivity index (χ1v) is 10.9. The highest BCUT2D eigenvalue weighted by Crippen LogP contribution is 2.34. The lowest BCUT2D eigenvalue weighted by Crippen LogP contribution is -2.38. The number of benzene rings is 2. The third-order valence-corrected chi connectivity index (χ3v) is 5.63. The first kappa shape index (κ1) is 24.1. The fourth-order valence-electron chi connectivity index (χ4n) is 3.42. The molecule has 0 saturated carbocycles. The minimum Gasteiger partial charge on any atom is -0.462 e. The van der Waals surface area contributed by atoms with Crippen LogP contribution < -0.4 is 5.32 Å². The number of carbonyl (C=O) groups is 2. The molecule has 3 aromatic rings. The Morgan fingerprint density at radius 2 is 1.91 bits per heavy atom. The van der Waals surface area contributed by atoms with Gasteiger partial charge in [0.2, 0.25) is 0 Å². The van der Waals surface area contributed by atoms with Gasteiger partial charge in [0.15, 0.2) is 6.04 Å². The van der Waals surface area contributed by atoms with Gasteiger partial charge in [-0.3, -0.25) is 4.79 Å². The Bertz CT molecular complexity index is 1180. The van der Waals surface area contributed by atoms with Crippen LogP contribution in [0.1, 0.15) is 46.3 Å². The Balaban J connectivity index is 2.03. The van der Waals surface area contributed by atoms with Crippen LogP contribution in [0.2, 0.25) is 5.02 Å². The maximum atomic E-state index is 13.8. The zero-order valence-corrected chi connectivity index (χ0v) is 19.4. The quantitative estimate of drug-likeness (QED) is 0.381. The maximum Gasteiger partial charge on any atom is 0.412 e. The molecule has 0 spiro atoms. The van der Waals surface area contributed by atoms with Gasteiger partial charge >= 0.3 is 12.1 Å². The summed E-state index contributed by atoms with van der Waals surface area (Å²) in [6, 6.07) is 7.86. The Morgan fingerprint density at radius 1 is 1.19 bits per heavy atom. The lowest BCUT2D eigenvalue weighted by Gasteiger charge is -2.22. The van der Waals surface area contributed by atoms with E-state index in [0.717, 1.165) is 0 Å². The molecule has 0 aliphatic carbocycles. The minimum atomic E-state index is -4.71. The third kappa shape index (κ3) is 4.94. The molecule has 1 aromatic heterocycles. The van der Waals surface area contributed by atoms with E-state index in [1.54, 1.807) is 24.5 Å². The van der Waals surface area contributed by atoms with E-state index in [4.69, 9.17) is 16.3 Å². The van der Waals surface area contributed by atoms with Gasteiger partial charge in [0.05, 0.1) is 22.7 Å². The molecule has 1 heterocycles. The molecule has 0 bridgehead atoms. The summed E-state index contributed by atoms with van der Waals surface area (Å²) in [4.78, 5) is 25.1. The van der Waals surface area contributed by atoms with Crippen molar-refractivity contribution in [1.82, 2.24) is 9.88 Å². The molecule has 5 nitrogen and oxygen atoms in total. The number of nitrogens with one attached hydrogen (secondary N) is 1. The summed E-state index contributed by atoms with van der Waals surface area (Å²) in [7, 11) is 0. The molecular weight excluding hydrogens is 513 g/mol. The molecule has 3 rings (SSSR count). The smallest absolute Gasteiger partial charge is 0.412 e. The van der Waals surface area contributed by atoms with Crippen molar-refractivity contribution in [3.63, 3.8) is 0 Å². The van der Waals surface area contributed by atoms with Crippen LogP contribution >= 0.6 is 27.5 Å². The summed E-state index contributed by atoms with van der Waals surface area (Å²) >= 11 is 9.38. The molecule has 1 atom stereocenters. The number of aromatic nitrogens is 1. The van der Waals surface area contributed by atoms with Gasteiger partial charge in [-0.15, -0.1) is 0 Å². The van der Waals surface area contributed by atoms with Crippen LogP contribution in [-0.2, 0) is 11.3 Å². The van der Waals surface area contributed by atoms with Crippen molar-refractivity contribution in [3.8, 4) is 0 Å². The predicted molar refractivity (Wildman–Crippen MR) is 119 cm³/mol. The summed E-state index contributed by atoms with van der Waals surface area (Å²) < 4.78 is 48.3. The van der Waals surface area contributed by atoms with Crippen molar-refractivity contribution < 1.29 is 27.5 Å². The van der Waals surface area contributed by atoms with Gasteiger partial charge in [-0.1, -0.05) is 39.7 Å². The Morgan fingerprint density at radius 3 is 2.50 bits per heavy atom. The van der Waals surface area contributed by atoms with Crippen LogP contribution in [0.25, 0.3) is 10.9 Å². The average Bonchev–Trinajstić information content (AvgIpc) is 3.08. The van der Waals surface area contributed by atoms with Crippen LogP contribution in [0, 0.1) is 0 Å². The van der Waals surface area contributed by atoms with E-state index in [1.165, 1.54) is 36.4 Å². The zero-order chi connectivity index (χ0) is 23.6. The van der Waals surface area contributed by atoms with E-state index in [9.17, 15) is 22.8 Å². The molecule has 0 fully saturated rings. The highest BCUT2D eigenvalue weighted by Gasteiger charge is 2.42. The molecule has 0 aliphatic heterocycles. The molecule has 1 N–H and O–H groups in total. The molecule has 1 unspecified atom stereocenters. The summed E-state index contributed by atoms with van der Waals surface area (Å²) in [5.74, 6) is -1.53. The van der Waals surface area contributed by atoms with Crippen molar-refractivity contribution >= 4 is 50.3 Å². The monoisotopic (exact) mass is 530 g/mol. The first-order valence-electron chi connectivity index (χ1n) is 9.69. The lowest BCUT2D eigenvalue weighted by atomic mass is 10.1. The molecule has 2 aromatic carbocycles. The van der Waals surface area contributed by atoms with E-state index in [0.29, 0.717) is 21.9 Å². The largest absolute Gasteiger partial charge is 0.462 e. The highest BCUT2D eigenvalue weighted by molar-refractivity contribution is 9.10. The number of carbonyl (C=O) groups excluding carboxylic acids is 2. The van der Waals surface area contributed by atoms with E-state index < -0.39 is 24.1 Å². The molecular formula is C22H19BrClF3N2O3. The molecule has 10 heteroatoms. The number of alkyl halides is 3. The van der Waals surface area contributed by atoms with Crippen molar-refractivity contribution in [1.29, 1.82) is 0 Å². The number of nitrogens with zero attached hydrogens (tertiary/aromatic N) is 1. The Hall–Kier alpha value is -2.52. The molecule has 0 aliphatic rings. The van der Waals surface area contributed by atoms with Crippen LogP contribution in [-0.4, -0.2) is 29.2 Å². The topological polar surface area (TPSA) is 60.3 Å². The highest BCUT2D eigenvalue weighted by atomic mass is 79.9. The fourth-order valence-corrected chi connectivity index (χ4v) is 4.08. The second-order valence-corrected chi connectivity index (χ2v) is 8.21. The van der Waals surface area contributed by atoms with Gasteiger partial charge in [-0.05, 0) is 49.7 Å². The van der Waals surface area contributed by atoms with Crippen molar-refractivity contribution in [3.05, 3.63) is 68.8 Å². The summed E-state index contributed by atoms with van der Waals surface area (Å²) in [6.07, 6.45) is -4.71. The average molecular weight is 532 g/mol. The molecule has 1 amide bonds. The van der Waals surface area contributed by atoms with Crippen LogP contribution in [0.4, 0.5) is 13.2 Å². The lowest BCUT2D eigenvalue weighted by molar-refractivity contribution is -0.155. The minimum absolute atomic E-state index is 0.0174. The number of rotatable bonds is 6. The summed E-state index contributed by atoms with van der Waals surface area (Å²) in [5.41, 5.74) is 0.543. The number of fused-ring (bicyclic) bond motifs is 1. The summed E-state index contributed by atoms with van der Waals surface area (Å²) in [5, 5.41) is 2.70. The number of halogens is 5. The van der Waals surface area contributed by atoms with E-state index >= 15 is 0 Å². The van der Waals surface area contributed by atoms with Crippen molar-refractivity contribution in [2.45, 2.75) is 32.6 Å². The number of aryl methyl sites for hydroxylation is 1. The normalized spacial score (nSPS) is 12.6. The van der Waals surface area contributed by atoms with E-state index in [2.05, 4.69) is 21.2 Å². The maximum absolute atomic E-state index is 13.8. The molecule has 170 valence electrons. The Kier molecular flexibility index (Phi) is 7.19. The van der Waals surface area contributed by atoms with Gasteiger partial charge in [-0.2, -0.15) is 13.2 Å². The van der Waals surface area contributed by atoms with Crippen LogP contribution in [0.15, 0.2) is 46.9 Å². The van der Waals surface area contributed by atoms with Gasteiger partial charge in [0, 0.05) is 16.4 Å². The molecule has 32 heavy (non-hydrogen) atoms. The predicted octanol–water partition coefficient (Wildman–Crippen LogP) is 6.29. The summed E-state index contributed by atoms with van der Waals surface area (Å²) in [6.45, 7) is 3.86. The Labute approximate surface area is 195 Å². The van der Waals surface area contributed by atoms with E-state index in [-0.39, 0.29) is 28.5 Å². The number of ether oxygens (including phenoxy) is 1. The molecule has 0 saturated heterocycles. The fraction of sp³-hybridized carbons (Fsp3) is 0.273. The second kappa shape index (κ2) is 9.54. The number of amides is 1.